The molecule has 3 aromatic rings. The number of nitrogens with zero attached hydrogens (tertiary/aromatic N) is 2. The molecule has 2 aromatic heterocycles. The van der Waals surface area contributed by atoms with Gasteiger partial charge in [-0.3, -0.25) is 14.8 Å². The Kier molecular flexibility index (Phi) is 5.46. The zero-order valence-electron chi connectivity index (χ0n) is 16.6. The van der Waals surface area contributed by atoms with E-state index in [4.69, 9.17) is 21.3 Å². The molecular weight excluding hydrogens is 400 g/mol. The molecule has 150 valence electrons. The van der Waals surface area contributed by atoms with Gasteiger partial charge in [-0.05, 0) is 55.3 Å². The molecule has 0 bridgehead atoms. The lowest BCUT2D eigenvalue weighted by molar-refractivity contribution is -0.138. The Hall–Kier alpha value is -3.31. The number of hydrogen-bond acceptors (Lipinski definition) is 5. The third-order valence-corrected chi connectivity index (χ3v) is 5.42. The molecule has 1 aliphatic rings. The van der Waals surface area contributed by atoms with Gasteiger partial charge >= 0.3 is 5.97 Å². The number of pyridine rings is 2. The Morgan fingerprint density at radius 1 is 1.13 bits per heavy atom. The average molecular weight is 419 g/mol. The summed E-state index contributed by atoms with van der Waals surface area (Å²) < 4.78 is 5.12. The normalized spacial score (nSPS) is 15.4. The first kappa shape index (κ1) is 20.0. The van der Waals surface area contributed by atoms with Crippen LogP contribution in [0.1, 0.15) is 40.0 Å². The quantitative estimate of drug-likeness (QED) is 0.444. The van der Waals surface area contributed by atoms with Gasteiger partial charge in [-0.25, -0.2) is 4.79 Å². The van der Waals surface area contributed by atoms with Crippen LogP contribution >= 0.6 is 11.6 Å². The maximum atomic E-state index is 13.1. The molecule has 0 saturated carbocycles. The van der Waals surface area contributed by atoms with E-state index in [1.54, 1.807) is 43.6 Å². The van der Waals surface area contributed by atoms with Gasteiger partial charge in [0.2, 0.25) is 5.78 Å². The fourth-order valence-corrected chi connectivity index (χ4v) is 4.02. The minimum Gasteiger partial charge on any atom is -0.462 e. The van der Waals surface area contributed by atoms with Crippen LogP contribution < -0.4 is 0 Å². The summed E-state index contributed by atoms with van der Waals surface area (Å²) in [6.45, 7) is 3.84. The molecule has 1 unspecified atom stereocenters. The van der Waals surface area contributed by atoms with Crippen LogP contribution in [0.2, 0.25) is 5.02 Å². The standard InChI is InChI=1S/C24H19ClN2O3/c1-3-30-24(29)18-13-17(21-14(2)5-4-6-19(21)25)22-16(23(18)28)7-8-20(27-22)15-9-11-26-12-10-15/h4-13,17H,3H2,1-2H3. The van der Waals surface area contributed by atoms with Crippen LogP contribution in [0, 0.1) is 6.92 Å². The molecule has 1 aliphatic carbocycles. The SMILES string of the molecule is CCOC(=O)C1=CC(c2c(C)cccc2Cl)c2nc(-c3ccncc3)ccc2C1=O. The maximum absolute atomic E-state index is 13.1. The second kappa shape index (κ2) is 8.20. The molecule has 4 rings (SSSR count). The second-order valence-electron chi connectivity index (χ2n) is 6.94. The van der Waals surface area contributed by atoms with Gasteiger partial charge < -0.3 is 4.74 Å². The van der Waals surface area contributed by atoms with E-state index in [1.165, 1.54) is 0 Å². The van der Waals surface area contributed by atoms with Crippen LogP contribution in [-0.2, 0) is 9.53 Å². The van der Waals surface area contributed by atoms with Crippen molar-refractivity contribution in [1.82, 2.24) is 9.97 Å². The van der Waals surface area contributed by atoms with E-state index >= 15 is 0 Å². The number of ether oxygens (including phenoxy) is 1. The lowest BCUT2D eigenvalue weighted by atomic mass is 9.81. The molecule has 2 heterocycles. The molecule has 30 heavy (non-hydrogen) atoms. The van der Waals surface area contributed by atoms with Crippen molar-refractivity contribution in [2.75, 3.05) is 6.61 Å². The van der Waals surface area contributed by atoms with Crippen LogP contribution in [0.15, 0.2) is 66.5 Å². The summed E-state index contributed by atoms with van der Waals surface area (Å²) in [7, 11) is 0. The predicted octanol–water partition coefficient (Wildman–Crippen LogP) is 4.92. The average Bonchev–Trinajstić information content (AvgIpc) is 2.75. The zero-order chi connectivity index (χ0) is 21.3. The minimum absolute atomic E-state index is 0.00660. The number of Topliss-reactive ketones (excluding diaryl/α,β-unsaturated/α-hetero) is 1. The van der Waals surface area contributed by atoms with E-state index in [1.807, 2.05) is 31.2 Å². The maximum Gasteiger partial charge on any atom is 0.341 e. The summed E-state index contributed by atoms with van der Waals surface area (Å²) in [6.07, 6.45) is 5.01. The van der Waals surface area contributed by atoms with Crippen LogP contribution in [0.4, 0.5) is 0 Å². The zero-order valence-corrected chi connectivity index (χ0v) is 17.3. The molecule has 0 fully saturated rings. The Balaban J connectivity index is 1.94. The fraction of sp³-hybridized carbons (Fsp3) is 0.167. The summed E-state index contributed by atoms with van der Waals surface area (Å²) in [5, 5.41) is 0.552. The number of halogens is 1. The number of ketones is 1. The highest BCUT2D eigenvalue weighted by Crippen LogP contribution is 2.40. The highest BCUT2D eigenvalue weighted by Gasteiger charge is 2.34. The largest absolute Gasteiger partial charge is 0.462 e. The fourth-order valence-electron chi connectivity index (χ4n) is 3.68. The molecule has 0 aliphatic heterocycles. The number of aromatic nitrogens is 2. The van der Waals surface area contributed by atoms with E-state index in [2.05, 4.69) is 4.98 Å². The van der Waals surface area contributed by atoms with Gasteiger partial charge in [-0.1, -0.05) is 29.8 Å². The van der Waals surface area contributed by atoms with E-state index in [0.717, 1.165) is 16.7 Å². The lowest BCUT2D eigenvalue weighted by Crippen LogP contribution is -2.24. The summed E-state index contributed by atoms with van der Waals surface area (Å²) in [5.41, 5.74) is 4.31. The third-order valence-electron chi connectivity index (χ3n) is 5.10. The molecule has 5 nitrogen and oxygen atoms in total. The number of fused-ring (bicyclic) bond motifs is 1. The minimum atomic E-state index is -0.638. The molecule has 0 saturated heterocycles. The van der Waals surface area contributed by atoms with E-state index in [0.29, 0.717) is 22.0 Å². The van der Waals surface area contributed by atoms with Crippen LogP contribution in [-0.4, -0.2) is 28.3 Å². The second-order valence-corrected chi connectivity index (χ2v) is 7.35. The van der Waals surface area contributed by atoms with Crippen molar-refractivity contribution in [3.8, 4) is 11.3 Å². The van der Waals surface area contributed by atoms with Gasteiger partial charge in [-0.15, -0.1) is 0 Å². The first-order valence-electron chi connectivity index (χ1n) is 9.61. The van der Waals surface area contributed by atoms with Crippen molar-refractivity contribution in [2.45, 2.75) is 19.8 Å². The van der Waals surface area contributed by atoms with Crippen molar-refractivity contribution in [3.05, 3.63) is 93.9 Å². The van der Waals surface area contributed by atoms with Crippen molar-refractivity contribution in [1.29, 1.82) is 0 Å². The summed E-state index contributed by atoms with van der Waals surface area (Å²) in [5.74, 6) is -1.48. The lowest BCUT2D eigenvalue weighted by Gasteiger charge is -2.25. The Bertz CT molecular complexity index is 1150. The van der Waals surface area contributed by atoms with Crippen molar-refractivity contribution >= 4 is 23.4 Å². The summed E-state index contributed by atoms with van der Waals surface area (Å²) in [4.78, 5) is 34.4. The number of esters is 1. The van der Waals surface area contributed by atoms with E-state index < -0.39 is 17.7 Å². The molecule has 1 atom stereocenters. The monoisotopic (exact) mass is 418 g/mol. The number of carbonyl (C=O) groups excluding carboxylic acids is 2. The smallest absolute Gasteiger partial charge is 0.341 e. The van der Waals surface area contributed by atoms with Crippen molar-refractivity contribution < 1.29 is 14.3 Å². The third kappa shape index (κ3) is 3.53. The Morgan fingerprint density at radius 2 is 1.90 bits per heavy atom. The topological polar surface area (TPSA) is 69.2 Å². The van der Waals surface area contributed by atoms with Gasteiger partial charge in [-0.2, -0.15) is 0 Å². The van der Waals surface area contributed by atoms with Gasteiger partial charge in [0, 0.05) is 34.5 Å². The number of benzene rings is 1. The molecule has 1 aromatic carbocycles. The predicted molar refractivity (Wildman–Crippen MR) is 115 cm³/mol. The molecule has 0 radical (unpaired) electrons. The highest BCUT2D eigenvalue weighted by molar-refractivity contribution is 6.32. The van der Waals surface area contributed by atoms with Gasteiger partial charge in [0.05, 0.1) is 18.0 Å². The molecule has 0 spiro atoms. The van der Waals surface area contributed by atoms with Gasteiger partial charge in [0.1, 0.15) is 5.57 Å². The molecular formula is C24H19ClN2O3. The number of rotatable bonds is 4. The van der Waals surface area contributed by atoms with Crippen molar-refractivity contribution in [3.63, 3.8) is 0 Å². The number of carbonyl (C=O) groups is 2. The summed E-state index contributed by atoms with van der Waals surface area (Å²) in [6, 6.07) is 12.8. The van der Waals surface area contributed by atoms with E-state index in [9.17, 15) is 9.59 Å². The number of aryl methyl sites for hydroxylation is 1. The number of allylic oxidation sites excluding steroid dienone is 1. The Labute approximate surface area is 179 Å². The molecule has 0 N–H and O–H groups in total. The van der Waals surface area contributed by atoms with Crippen LogP contribution in [0.3, 0.4) is 0 Å². The Morgan fingerprint density at radius 3 is 2.60 bits per heavy atom. The van der Waals surface area contributed by atoms with Gasteiger partial charge in [0.15, 0.2) is 0 Å². The highest BCUT2D eigenvalue weighted by atomic mass is 35.5. The molecule has 6 heteroatoms. The summed E-state index contributed by atoms with van der Waals surface area (Å²) >= 11 is 6.54. The number of hydrogen-bond donors (Lipinski definition) is 0. The first-order valence-corrected chi connectivity index (χ1v) is 9.99. The van der Waals surface area contributed by atoms with E-state index in [-0.39, 0.29) is 12.2 Å². The first-order chi connectivity index (χ1) is 14.5. The molecule has 0 amide bonds. The van der Waals surface area contributed by atoms with Crippen molar-refractivity contribution in [2.24, 2.45) is 0 Å². The van der Waals surface area contributed by atoms with Crippen LogP contribution in [0.25, 0.3) is 11.3 Å². The van der Waals surface area contributed by atoms with Crippen LogP contribution in [0.5, 0.6) is 0 Å². The van der Waals surface area contributed by atoms with Gasteiger partial charge in [0.25, 0.3) is 0 Å².